The van der Waals surface area contributed by atoms with Crippen molar-refractivity contribution in [3.05, 3.63) is 45.7 Å². The summed E-state index contributed by atoms with van der Waals surface area (Å²) in [7, 11) is 0. The number of carbonyl (C=O) groups excluding carboxylic acids is 2. The third-order valence-corrected chi connectivity index (χ3v) is 12.7. The minimum absolute atomic E-state index is 0.144. The Morgan fingerprint density at radius 3 is 0.961 bits per heavy atom. The molecule has 2 aromatic carbocycles. The lowest BCUT2D eigenvalue weighted by Crippen LogP contribution is -2.10. The average molecular weight is 1380 g/mol. The van der Waals surface area contributed by atoms with Gasteiger partial charge in [-0.15, -0.1) is 0 Å². The maximum absolute atomic E-state index is 12.0. The minimum Gasteiger partial charge on any atom is -0.491 e. The Morgan fingerprint density at radius 2 is 0.647 bits per heavy atom. The second-order valence-electron chi connectivity index (χ2n) is 12.8. The van der Waals surface area contributed by atoms with E-state index in [1.54, 1.807) is 0 Å². The number of benzene rings is 2. The molecule has 2 aromatic rings. The zero-order valence-electron chi connectivity index (χ0n) is 29.7. The number of esters is 2. The van der Waals surface area contributed by atoms with Gasteiger partial charge in [-0.05, 0) is 185 Å². The van der Waals surface area contributed by atoms with Gasteiger partial charge in [0.05, 0.1) is 40.7 Å². The zero-order valence-corrected chi connectivity index (χ0v) is 42.6. The number of ether oxygens (including phenoxy) is 4. The molecule has 288 valence electrons. The molecule has 0 unspecified atom stereocenters. The topological polar surface area (TPSA) is 71.1 Å². The van der Waals surface area contributed by atoms with Crippen LogP contribution in [0.4, 0.5) is 0 Å². The van der Waals surface area contributed by atoms with Crippen molar-refractivity contribution >= 4 is 147 Å². The largest absolute Gasteiger partial charge is 0.491 e. The second kappa shape index (κ2) is 31.4. The lowest BCUT2D eigenvalue weighted by Gasteiger charge is -2.11. The molecule has 0 aliphatic carbocycles. The standard InChI is InChI=1S/C39H54I6O6/c40-30-26-32(42)38(33(43)27-30)50-22-17-13-9-5-1-3-7-11-15-20-36(46)48-24-19-25-49-37(47)21-16-12-8-4-2-6-10-14-18-23-51-39-34(44)28-31(41)29-35(39)45/h26-29H,1-25H2. The molecule has 0 heterocycles. The van der Waals surface area contributed by atoms with Gasteiger partial charge in [-0.3, -0.25) is 9.59 Å². The van der Waals surface area contributed by atoms with E-state index in [0.29, 0.717) is 32.5 Å². The molecule has 0 N–H and O–H groups in total. The average Bonchev–Trinajstić information content (AvgIpc) is 3.07. The van der Waals surface area contributed by atoms with Gasteiger partial charge in [0.15, 0.2) is 0 Å². The summed E-state index contributed by atoms with van der Waals surface area (Å²) in [5.41, 5.74) is 0. The molecule has 2 rings (SSSR count). The van der Waals surface area contributed by atoms with E-state index in [4.69, 9.17) is 18.9 Å². The zero-order chi connectivity index (χ0) is 37.1. The molecular weight excluding hydrogens is 1330 g/mol. The van der Waals surface area contributed by atoms with Crippen LogP contribution >= 0.6 is 136 Å². The van der Waals surface area contributed by atoms with Gasteiger partial charge >= 0.3 is 11.9 Å². The highest BCUT2D eigenvalue weighted by Gasteiger charge is 2.10. The van der Waals surface area contributed by atoms with Crippen molar-refractivity contribution < 1.29 is 28.5 Å². The Kier molecular flexibility index (Phi) is 29.9. The number of unbranched alkanes of at least 4 members (excludes halogenated alkanes) is 16. The van der Waals surface area contributed by atoms with Gasteiger partial charge in [0.25, 0.3) is 0 Å². The molecule has 0 radical (unpaired) electrons. The number of carbonyl (C=O) groups is 2. The van der Waals surface area contributed by atoms with Crippen LogP contribution < -0.4 is 9.47 Å². The quantitative estimate of drug-likeness (QED) is 0.0441. The maximum Gasteiger partial charge on any atom is 0.305 e. The molecular formula is C39H54I6O6. The van der Waals surface area contributed by atoms with Gasteiger partial charge < -0.3 is 18.9 Å². The third kappa shape index (κ3) is 24.6. The lowest BCUT2D eigenvalue weighted by atomic mass is 10.1. The normalized spacial score (nSPS) is 11.1. The summed E-state index contributed by atoms with van der Waals surface area (Å²) >= 11 is 14.1. The Balaban J connectivity index is 1.27. The highest BCUT2D eigenvalue weighted by molar-refractivity contribution is 14.1. The SMILES string of the molecule is O=C(CCCCCCCCCCCOc1c(I)cc(I)cc1I)OCCCOC(=O)CCCCCCCCCCCOc1c(I)cc(I)cc1I. The van der Waals surface area contributed by atoms with Crippen molar-refractivity contribution in [1.82, 2.24) is 0 Å². The third-order valence-electron chi connectivity index (χ3n) is 8.28. The molecule has 0 aromatic heterocycles. The molecule has 0 saturated carbocycles. The van der Waals surface area contributed by atoms with Crippen LogP contribution in [0.1, 0.15) is 135 Å². The van der Waals surface area contributed by atoms with E-state index in [-0.39, 0.29) is 11.9 Å². The van der Waals surface area contributed by atoms with Crippen LogP contribution in [0.5, 0.6) is 11.5 Å². The Morgan fingerprint density at radius 1 is 0.373 bits per heavy atom. The van der Waals surface area contributed by atoms with Crippen molar-refractivity contribution in [2.24, 2.45) is 0 Å². The van der Waals surface area contributed by atoms with Crippen LogP contribution in [-0.4, -0.2) is 38.4 Å². The monoisotopic (exact) mass is 1380 g/mol. The number of halogens is 6. The van der Waals surface area contributed by atoms with Crippen molar-refractivity contribution in [2.45, 2.75) is 135 Å². The van der Waals surface area contributed by atoms with Gasteiger partial charge in [-0.2, -0.15) is 0 Å². The summed E-state index contributed by atoms with van der Waals surface area (Å²) in [6.45, 7) is 2.20. The molecule has 0 spiro atoms. The van der Waals surface area contributed by atoms with Crippen molar-refractivity contribution in [2.75, 3.05) is 26.4 Å². The molecule has 0 amide bonds. The maximum atomic E-state index is 12.0. The van der Waals surface area contributed by atoms with Crippen LogP contribution in [0.3, 0.4) is 0 Å². The molecule has 0 atom stereocenters. The van der Waals surface area contributed by atoms with Crippen molar-refractivity contribution in [1.29, 1.82) is 0 Å². The van der Waals surface area contributed by atoms with E-state index in [1.165, 1.54) is 98.5 Å². The van der Waals surface area contributed by atoms with Crippen LogP contribution in [0.15, 0.2) is 24.3 Å². The Bertz CT molecular complexity index is 1140. The highest BCUT2D eigenvalue weighted by Crippen LogP contribution is 2.31. The smallest absolute Gasteiger partial charge is 0.305 e. The van der Waals surface area contributed by atoms with Gasteiger partial charge in [-0.25, -0.2) is 0 Å². The molecule has 51 heavy (non-hydrogen) atoms. The van der Waals surface area contributed by atoms with Gasteiger partial charge in [0.1, 0.15) is 11.5 Å². The number of rotatable bonds is 30. The fourth-order valence-corrected chi connectivity index (χ4v) is 13.3. The summed E-state index contributed by atoms with van der Waals surface area (Å²) in [5, 5.41) is 0. The summed E-state index contributed by atoms with van der Waals surface area (Å²) in [4.78, 5) is 24.0. The lowest BCUT2D eigenvalue weighted by molar-refractivity contribution is -0.146. The molecule has 0 bridgehead atoms. The summed E-state index contributed by atoms with van der Waals surface area (Å²) in [6, 6.07) is 8.62. The molecule has 0 fully saturated rings. The summed E-state index contributed by atoms with van der Waals surface area (Å²) in [5.74, 6) is 1.75. The van der Waals surface area contributed by atoms with E-state index < -0.39 is 0 Å². The summed E-state index contributed by atoms with van der Waals surface area (Å²) in [6.07, 6.45) is 22.3. The first kappa shape index (κ1) is 48.5. The fourth-order valence-electron chi connectivity index (χ4n) is 5.48. The van der Waals surface area contributed by atoms with E-state index in [2.05, 4.69) is 160 Å². The minimum atomic E-state index is -0.144. The Hall–Kier alpha value is 1.36. The van der Waals surface area contributed by atoms with E-state index >= 15 is 0 Å². The first-order valence-electron chi connectivity index (χ1n) is 18.5. The van der Waals surface area contributed by atoms with Crippen molar-refractivity contribution in [3.8, 4) is 11.5 Å². The van der Waals surface area contributed by atoms with Crippen LogP contribution in [-0.2, 0) is 19.1 Å². The number of hydrogen-bond acceptors (Lipinski definition) is 6. The van der Waals surface area contributed by atoms with Crippen LogP contribution in [0, 0.1) is 21.4 Å². The first-order valence-corrected chi connectivity index (χ1v) is 25.0. The highest BCUT2D eigenvalue weighted by atomic mass is 127. The van der Waals surface area contributed by atoms with Gasteiger partial charge in [-0.1, -0.05) is 89.9 Å². The predicted molar refractivity (Wildman–Crippen MR) is 259 cm³/mol. The fraction of sp³-hybridized carbons (Fsp3) is 0.641. The molecule has 12 heteroatoms. The first-order chi connectivity index (χ1) is 24.7. The van der Waals surface area contributed by atoms with Gasteiger partial charge in [0, 0.05) is 26.4 Å². The van der Waals surface area contributed by atoms with Crippen LogP contribution in [0.2, 0.25) is 0 Å². The molecule has 0 saturated heterocycles. The molecule has 0 aliphatic rings. The second-order valence-corrected chi connectivity index (χ2v) is 19.9. The van der Waals surface area contributed by atoms with E-state index in [9.17, 15) is 9.59 Å². The van der Waals surface area contributed by atoms with E-state index in [0.717, 1.165) is 63.2 Å². The van der Waals surface area contributed by atoms with Gasteiger partial charge in [0.2, 0.25) is 0 Å². The number of hydrogen-bond donors (Lipinski definition) is 0. The predicted octanol–water partition coefficient (Wildman–Crippen LogP) is 14.1. The Labute approximate surface area is 389 Å². The molecule has 0 aliphatic heterocycles. The van der Waals surface area contributed by atoms with Crippen LogP contribution in [0.25, 0.3) is 0 Å². The van der Waals surface area contributed by atoms with Crippen molar-refractivity contribution in [3.63, 3.8) is 0 Å². The molecule has 6 nitrogen and oxygen atoms in total. The summed E-state index contributed by atoms with van der Waals surface area (Å²) < 4.78 is 29.9. The van der Waals surface area contributed by atoms with E-state index in [1.807, 2.05) is 0 Å².